The van der Waals surface area contributed by atoms with Gasteiger partial charge in [-0.3, -0.25) is 9.36 Å². The second-order valence-corrected chi connectivity index (χ2v) is 9.45. The molecule has 0 fully saturated rings. The topological polar surface area (TPSA) is 129 Å². The number of halogens is 2. The third kappa shape index (κ3) is 4.12. The van der Waals surface area contributed by atoms with Gasteiger partial charge >= 0.3 is 0 Å². The second kappa shape index (κ2) is 9.45. The van der Waals surface area contributed by atoms with Crippen LogP contribution < -0.4 is 10.3 Å². The first-order chi connectivity index (χ1) is 18.4. The minimum absolute atomic E-state index is 0.0368. The Balaban J connectivity index is 1.35. The summed E-state index contributed by atoms with van der Waals surface area (Å²) in [4.78, 5) is 30.1. The highest BCUT2D eigenvalue weighted by atomic mass is 35.5. The summed E-state index contributed by atoms with van der Waals surface area (Å²) in [5.41, 5.74) is 1.98. The average Bonchev–Trinajstić information content (AvgIpc) is 3.67. The Morgan fingerprint density at radius 1 is 1.24 bits per heavy atom. The zero-order valence-electron chi connectivity index (χ0n) is 20.3. The van der Waals surface area contributed by atoms with Gasteiger partial charge in [-0.1, -0.05) is 18.5 Å². The van der Waals surface area contributed by atoms with Crippen molar-refractivity contribution in [2.45, 2.75) is 31.7 Å². The maximum atomic E-state index is 15.3. The van der Waals surface area contributed by atoms with E-state index in [-0.39, 0.29) is 33.8 Å². The molecule has 1 aliphatic rings. The predicted octanol–water partition coefficient (Wildman–Crippen LogP) is 3.76. The smallest absolute Gasteiger partial charge is 0.254 e. The molecule has 2 atom stereocenters. The number of hydrogen-bond acceptors (Lipinski definition) is 8. The number of tetrazole rings is 1. The molecule has 5 heterocycles. The van der Waals surface area contributed by atoms with Gasteiger partial charge in [0.2, 0.25) is 5.88 Å². The van der Waals surface area contributed by atoms with Gasteiger partial charge < -0.3 is 9.72 Å². The van der Waals surface area contributed by atoms with Crippen LogP contribution in [0.25, 0.3) is 28.2 Å². The molecule has 0 saturated heterocycles. The van der Waals surface area contributed by atoms with Crippen molar-refractivity contribution < 1.29 is 9.13 Å². The Labute approximate surface area is 220 Å². The van der Waals surface area contributed by atoms with Crippen LogP contribution >= 0.6 is 11.6 Å². The number of imidazole rings is 1. The first-order valence-electron chi connectivity index (χ1n) is 11.8. The third-order valence-electron chi connectivity index (χ3n) is 6.65. The Morgan fingerprint density at radius 3 is 2.89 bits per heavy atom. The SMILES string of the molecule is COc1cc(-c2cnc(C[C@H]3C[C@H](C)c4nc(-c5c(-n6cnnn6)ccc(Cl)c5F)cc(=O)n43)[nH]2)ccn1. The van der Waals surface area contributed by atoms with E-state index in [0.29, 0.717) is 30.2 Å². The molecule has 1 N–H and O–H groups in total. The number of methoxy groups -OCH3 is 1. The molecule has 13 heteroatoms. The van der Waals surface area contributed by atoms with Crippen LogP contribution in [-0.2, 0) is 6.42 Å². The number of pyridine rings is 1. The molecule has 0 amide bonds. The lowest BCUT2D eigenvalue weighted by Gasteiger charge is -2.15. The minimum Gasteiger partial charge on any atom is -0.481 e. The van der Waals surface area contributed by atoms with Crippen LogP contribution in [0.1, 0.15) is 37.0 Å². The minimum atomic E-state index is -0.699. The number of aromatic amines is 1. The first-order valence-corrected chi connectivity index (χ1v) is 12.2. The Bertz CT molecular complexity index is 1700. The predicted molar refractivity (Wildman–Crippen MR) is 136 cm³/mol. The van der Waals surface area contributed by atoms with Gasteiger partial charge in [0.1, 0.15) is 18.0 Å². The highest BCUT2D eigenvalue weighted by Gasteiger charge is 2.32. The lowest BCUT2D eigenvalue weighted by atomic mass is 10.0. The van der Waals surface area contributed by atoms with Crippen LogP contribution in [0.5, 0.6) is 5.88 Å². The van der Waals surface area contributed by atoms with E-state index in [1.54, 1.807) is 30.1 Å². The maximum Gasteiger partial charge on any atom is 0.254 e. The molecule has 1 aliphatic heterocycles. The van der Waals surface area contributed by atoms with E-state index in [1.807, 2.05) is 19.1 Å². The van der Waals surface area contributed by atoms with Crippen LogP contribution in [0.2, 0.25) is 5.02 Å². The Hall–Kier alpha value is -4.45. The molecular formula is C25H21ClFN9O2. The molecule has 0 spiro atoms. The highest BCUT2D eigenvalue weighted by molar-refractivity contribution is 6.31. The monoisotopic (exact) mass is 533 g/mol. The van der Waals surface area contributed by atoms with Gasteiger partial charge in [0.05, 0.1) is 41.0 Å². The number of aromatic nitrogens is 9. The van der Waals surface area contributed by atoms with Crippen LogP contribution in [0.15, 0.2) is 53.8 Å². The third-order valence-corrected chi connectivity index (χ3v) is 6.94. The molecule has 0 saturated carbocycles. The molecule has 0 radical (unpaired) electrons. The maximum absolute atomic E-state index is 15.3. The van der Waals surface area contributed by atoms with Crippen molar-refractivity contribution in [3.63, 3.8) is 0 Å². The molecule has 0 bridgehead atoms. The van der Waals surface area contributed by atoms with Crippen molar-refractivity contribution in [2.75, 3.05) is 7.11 Å². The van der Waals surface area contributed by atoms with Gasteiger partial charge in [-0.05, 0) is 35.0 Å². The summed E-state index contributed by atoms with van der Waals surface area (Å²) in [6, 6.07) is 7.84. The van der Waals surface area contributed by atoms with Crippen molar-refractivity contribution >= 4 is 11.6 Å². The molecule has 1 aromatic carbocycles. The van der Waals surface area contributed by atoms with E-state index in [2.05, 4.69) is 30.5 Å². The van der Waals surface area contributed by atoms with E-state index in [9.17, 15) is 4.79 Å². The zero-order chi connectivity index (χ0) is 26.4. The number of rotatable bonds is 6. The van der Waals surface area contributed by atoms with Crippen LogP contribution in [0.4, 0.5) is 4.39 Å². The number of nitrogens with zero attached hydrogens (tertiary/aromatic N) is 8. The van der Waals surface area contributed by atoms with Crippen molar-refractivity contribution in [3.8, 4) is 34.1 Å². The lowest BCUT2D eigenvalue weighted by Crippen LogP contribution is -2.25. The molecule has 0 aliphatic carbocycles. The largest absolute Gasteiger partial charge is 0.481 e. The molecule has 192 valence electrons. The van der Waals surface area contributed by atoms with E-state index in [0.717, 1.165) is 17.1 Å². The fraction of sp³-hybridized carbons (Fsp3) is 0.240. The fourth-order valence-electron chi connectivity index (χ4n) is 4.92. The fourth-order valence-corrected chi connectivity index (χ4v) is 5.07. The summed E-state index contributed by atoms with van der Waals surface area (Å²) < 4.78 is 23.5. The van der Waals surface area contributed by atoms with E-state index in [1.165, 1.54) is 23.1 Å². The number of fused-ring (bicyclic) bond motifs is 1. The summed E-state index contributed by atoms with van der Waals surface area (Å²) in [7, 11) is 1.56. The number of hydrogen-bond donors (Lipinski definition) is 1. The molecular weight excluding hydrogens is 513 g/mol. The van der Waals surface area contributed by atoms with Crippen LogP contribution in [0.3, 0.4) is 0 Å². The zero-order valence-corrected chi connectivity index (χ0v) is 21.1. The van der Waals surface area contributed by atoms with Crippen LogP contribution in [0, 0.1) is 5.82 Å². The van der Waals surface area contributed by atoms with Gasteiger partial charge in [0.15, 0.2) is 5.82 Å². The van der Waals surface area contributed by atoms with Crippen molar-refractivity contribution in [1.29, 1.82) is 0 Å². The molecule has 38 heavy (non-hydrogen) atoms. The number of ether oxygens (including phenoxy) is 1. The van der Waals surface area contributed by atoms with E-state index < -0.39 is 5.82 Å². The van der Waals surface area contributed by atoms with Gasteiger partial charge in [-0.15, -0.1) is 5.10 Å². The summed E-state index contributed by atoms with van der Waals surface area (Å²) in [5, 5.41) is 11.0. The summed E-state index contributed by atoms with van der Waals surface area (Å²) >= 11 is 6.09. The van der Waals surface area contributed by atoms with Crippen molar-refractivity contribution in [1.82, 2.24) is 44.7 Å². The summed E-state index contributed by atoms with van der Waals surface area (Å²) in [6.45, 7) is 2.00. The van der Waals surface area contributed by atoms with E-state index in [4.69, 9.17) is 21.3 Å². The Kier molecular flexibility index (Phi) is 5.95. The summed E-state index contributed by atoms with van der Waals surface area (Å²) in [6.07, 6.45) is 5.94. The lowest BCUT2D eigenvalue weighted by molar-refractivity contribution is 0.398. The Morgan fingerprint density at radius 2 is 2.11 bits per heavy atom. The van der Waals surface area contributed by atoms with Gasteiger partial charge in [0.25, 0.3) is 5.56 Å². The first kappa shape index (κ1) is 23.9. The molecule has 4 aromatic heterocycles. The quantitative estimate of drug-likeness (QED) is 0.349. The molecule has 6 rings (SSSR count). The number of H-pyrrole nitrogens is 1. The number of benzene rings is 1. The molecule has 11 nitrogen and oxygen atoms in total. The average molecular weight is 534 g/mol. The van der Waals surface area contributed by atoms with Gasteiger partial charge in [0, 0.05) is 42.3 Å². The van der Waals surface area contributed by atoms with Gasteiger partial charge in [-0.25, -0.2) is 19.3 Å². The molecule has 0 unspecified atom stereocenters. The van der Waals surface area contributed by atoms with Crippen LogP contribution in [-0.4, -0.2) is 51.8 Å². The highest BCUT2D eigenvalue weighted by Crippen LogP contribution is 2.38. The van der Waals surface area contributed by atoms with Crippen molar-refractivity contribution in [3.05, 3.63) is 81.9 Å². The molecule has 5 aromatic rings. The number of nitrogens with one attached hydrogen (secondary N) is 1. The van der Waals surface area contributed by atoms with E-state index >= 15 is 4.39 Å². The van der Waals surface area contributed by atoms with Gasteiger partial charge in [-0.2, -0.15) is 4.68 Å². The standard InChI is InChI=1S/C25H21ClFN9O2/c1-13-7-15(9-20-29-11-18(31-20)14-5-6-28-21(8-14)38-2)36-22(37)10-17(32-25(13)36)23-19(35-12-30-33-34-35)4-3-16(26)24(23)27/h3-6,8,10-13,15H,7,9H2,1-2H3,(H,29,31)/t13-,15+/m0/s1. The van der Waals surface area contributed by atoms with Crippen molar-refractivity contribution in [2.24, 2.45) is 0 Å². The summed E-state index contributed by atoms with van der Waals surface area (Å²) in [5.74, 6) is 1.08. The normalized spacial score (nSPS) is 16.5. The second-order valence-electron chi connectivity index (χ2n) is 9.04.